The SMILES string of the molecule is COC(=O)C1=C(C)NC2=C(C(=O)c3ccccc32)[C@H]1c1cc(I)c(OCc2ccc(I)cc2)c(OC)c1. The molecule has 3 aromatic rings. The Balaban J connectivity index is 1.60. The largest absolute Gasteiger partial charge is 0.493 e. The van der Waals surface area contributed by atoms with Gasteiger partial charge in [0.1, 0.15) is 6.61 Å². The van der Waals surface area contributed by atoms with Crippen LogP contribution in [-0.4, -0.2) is 26.0 Å². The Hall–Kier alpha value is -2.86. The first-order valence-corrected chi connectivity index (χ1v) is 13.7. The first kappa shape index (κ1) is 25.8. The molecule has 1 aliphatic carbocycles. The number of methoxy groups -OCH3 is 2. The summed E-state index contributed by atoms with van der Waals surface area (Å²) in [7, 11) is 2.93. The second-order valence-electron chi connectivity index (χ2n) is 8.70. The highest BCUT2D eigenvalue weighted by atomic mass is 127. The normalized spacial score (nSPS) is 16.2. The van der Waals surface area contributed by atoms with E-state index in [1.54, 1.807) is 7.11 Å². The molecule has 0 fully saturated rings. The Kier molecular flexibility index (Phi) is 7.30. The second kappa shape index (κ2) is 10.5. The Labute approximate surface area is 242 Å². The first-order chi connectivity index (χ1) is 17.8. The topological polar surface area (TPSA) is 73.9 Å². The number of hydrogen-bond donors (Lipinski definition) is 1. The third-order valence-electron chi connectivity index (χ3n) is 6.54. The highest BCUT2D eigenvalue weighted by Gasteiger charge is 2.43. The van der Waals surface area contributed by atoms with Crippen LogP contribution in [0.3, 0.4) is 0 Å². The van der Waals surface area contributed by atoms with E-state index in [2.05, 4.69) is 50.5 Å². The highest BCUT2D eigenvalue weighted by Crippen LogP contribution is 2.48. The molecule has 5 rings (SSSR count). The molecule has 188 valence electrons. The minimum absolute atomic E-state index is 0.106. The molecule has 0 bridgehead atoms. The number of rotatable bonds is 6. The first-order valence-electron chi connectivity index (χ1n) is 11.5. The standard InChI is InChI=1S/C29H23I2NO5/c1-15-23(29(34)36-3)24(25-26(32-15)19-6-4-5-7-20(19)27(25)33)17-12-21(31)28(22(13-17)35-2)37-14-16-8-10-18(30)11-9-16/h4-13,24,32H,14H2,1-3H3/t24-/m0/s1. The number of fused-ring (bicyclic) bond motifs is 2. The van der Waals surface area contributed by atoms with Crippen molar-refractivity contribution in [3.63, 3.8) is 0 Å². The molecule has 37 heavy (non-hydrogen) atoms. The summed E-state index contributed by atoms with van der Waals surface area (Å²) in [4.78, 5) is 26.6. The molecule has 6 nitrogen and oxygen atoms in total. The van der Waals surface area contributed by atoms with Crippen molar-refractivity contribution >= 4 is 62.6 Å². The molecule has 2 aliphatic rings. The minimum atomic E-state index is -0.628. The van der Waals surface area contributed by atoms with Gasteiger partial charge in [-0.25, -0.2) is 4.79 Å². The van der Waals surface area contributed by atoms with Crippen LogP contribution in [0, 0.1) is 7.14 Å². The fourth-order valence-corrected chi connectivity index (χ4v) is 5.97. The summed E-state index contributed by atoms with van der Waals surface area (Å²) in [6.45, 7) is 2.21. The van der Waals surface area contributed by atoms with Gasteiger partial charge in [0.05, 0.1) is 29.1 Å². The fourth-order valence-electron chi connectivity index (χ4n) is 4.83. The molecule has 0 unspecified atom stereocenters. The number of ether oxygens (including phenoxy) is 3. The third kappa shape index (κ3) is 4.65. The molecule has 1 heterocycles. The van der Waals surface area contributed by atoms with E-state index in [-0.39, 0.29) is 5.78 Å². The molecule has 0 amide bonds. The summed E-state index contributed by atoms with van der Waals surface area (Å²) in [5.74, 6) is -0.0904. The van der Waals surface area contributed by atoms with Crippen molar-refractivity contribution in [1.29, 1.82) is 0 Å². The number of ketones is 1. The van der Waals surface area contributed by atoms with Gasteiger partial charge in [-0.15, -0.1) is 0 Å². The number of Topliss-reactive ketones (excluding diaryl/α,β-unsaturated/α-hetero) is 1. The minimum Gasteiger partial charge on any atom is -0.493 e. The zero-order valence-electron chi connectivity index (χ0n) is 20.4. The Bertz CT molecular complexity index is 1490. The van der Waals surface area contributed by atoms with Gasteiger partial charge >= 0.3 is 5.97 Å². The van der Waals surface area contributed by atoms with Gasteiger partial charge in [0.25, 0.3) is 0 Å². The van der Waals surface area contributed by atoms with Gasteiger partial charge in [-0.05, 0) is 87.5 Å². The Morgan fingerprint density at radius 1 is 1.00 bits per heavy atom. The maximum atomic E-state index is 13.6. The monoisotopic (exact) mass is 719 g/mol. The van der Waals surface area contributed by atoms with Crippen LogP contribution in [0.2, 0.25) is 0 Å². The van der Waals surface area contributed by atoms with Crippen molar-refractivity contribution in [3.8, 4) is 11.5 Å². The lowest BCUT2D eigenvalue weighted by Gasteiger charge is -2.29. The number of benzene rings is 3. The summed E-state index contributed by atoms with van der Waals surface area (Å²) in [6, 6.07) is 19.4. The molecule has 1 aliphatic heterocycles. The van der Waals surface area contributed by atoms with E-state index in [0.717, 1.165) is 29.5 Å². The molecule has 3 aromatic carbocycles. The number of nitrogens with one attached hydrogen (secondary N) is 1. The molecular formula is C29H23I2NO5. The average Bonchev–Trinajstić information content (AvgIpc) is 3.18. The lowest BCUT2D eigenvalue weighted by Crippen LogP contribution is -2.29. The lowest BCUT2D eigenvalue weighted by atomic mass is 9.79. The number of hydrogen-bond acceptors (Lipinski definition) is 6. The Morgan fingerprint density at radius 3 is 2.38 bits per heavy atom. The molecular weight excluding hydrogens is 696 g/mol. The average molecular weight is 719 g/mol. The molecule has 0 spiro atoms. The number of halogens is 2. The van der Waals surface area contributed by atoms with Crippen LogP contribution < -0.4 is 14.8 Å². The lowest BCUT2D eigenvalue weighted by molar-refractivity contribution is -0.136. The molecule has 1 N–H and O–H groups in total. The van der Waals surface area contributed by atoms with Crippen LogP contribution in [0.25, 0.3) is 5.70 Å². The number of carbonyl (C=O) groups excluding carboxylic acids is 2. The predicted octanol–water partition coefficient (Wildman–Crippen LogP) is 6.22. The van der Waals surface area contributed by atoms with Crippen LogP contribution >= 0.6 is 45.2 Å². The summed E-state index contributed by atoms with van der Waals surface area (Å²) in [6.07, 6.45) is 0. The maximum absolute atomic E-state index is 13.6. The maximum Gasteiger partial charge on any atom is 0.336 e. The number of allylic oxidation sites excluding steroid dienone is 2. The van der Waals surface area contributed by atoms with Crippen molar-refractivity contribution in [2.45, 2.75) is 19.4 Å². The highest BCUT2D eigenvalue weighted by molar-refractivity contribution is 14.1. The molecule has 0 saturated carbocycles. The van der Waals surface area contributed by atoms with E-state index in [9.17, 15) is 9.59 Å². The van der Waals surface area contributed by atoms with Crippen LogP contribution in [0.1, 0.15) is 39.9 Å². The second-order valence-corrected chi connectivity index (χ2v) is 11.1. The van der Waals surface area contributed by atoms with Gasteiger partial charge < -0.3 is 19.5 Å². The van der Waals surface area contributed by atoms with E-state index < -0.39 is 11.9 Å². The number of carbonyl (C=O) groups is 2. The fraction of sp³-hybridized carbons (Fsp3) is 0.172. The van der Waals surface area contributed by atoms with E-state index in [4.69, 9.17) is 14.2 Å². The summed E-state index contributed by atoms with van der Waals surface area (Å²) in [5, 5.41) is 3.31. The zero-order chi connectivity index (χ0) is 26.3. The predicted molar refractivity (Wildman–Crippen MR) is 157 cm³/mol. The number of dihydropyridines is 1. The third-order valence-corrected chi connectivity index (χ3v) is 8.06. The van der Waals surface area contributed by atoms with E-state index in [0.29, 0.717) is 40.5 Å². The van der Waals surface area contributed by atoms with Crippen molar-refractivity contribution < 1.29 is 23.8 Å². The van der Waals surface area contributed by atoms with Crippen molar-refractivity contribution in [1.82, 2.24) is 5.32 Å². The van der Waals surface area contributed by atoms with Crippen molar-refractivity contribution in [3.05, 3.63) is 107 Å². The van der Waals surface area contributed by atoms with Crippen LogP contribution in [-0.2, 0) is 16.1 Å². The molecule has 0 radical (unpaired) electrons. The van der Waals surface area contributed by atoms with Gasteiger partial charge in [-0.2, -0.15) is 0 Å². The van der Waals surface area contributed by atoms with Gasteiger partial charge in [0.2, 0.25) is 0 Å². The quantitative estimate of drug-likeness (QED) is 0.241. The molecule has 1 atom stereocenters. The molecule has 8 heteroatoms. The summed E-state index contributed by atoms with van der Waals surface area (Å²) in [5.41, 5.74) is 5.52. The smallest absolute Gasteiger partial charge is 0.336 e. The van der Waals surface area contributed by atoms with Gasteiger partial charge in [-0.3, -0.25) is 4.79 Å². The van der Waals surface area contributed by atoms with E-state index in [1.807, 2.05) is 67.6 Å². The van der Waals surface area contributed by atoms with Crippen molar-refractivity contribution in [2.75, 3.05) is 14.2 Å². The zero-order valence-corrected chi connectivity index (χ0v) is 24.7. The number of esters is 1. The van der Waals surface area contributed by atoms with Gasteiger partial charge in [0.15, 0.2) is 17.3 Å². The summed E-state index contributed by atoms with van der Waals surface area (Å²) < 4.78 is 19.0. The van der Waals surface area contributed by atoms with E-state index >= 15 is 0 Å². The van der Waals surface area contributed by atoms with Gasteiger partial charge in [-0.1, -0.05) is 36.4 Å². The summed E-state index contributed by atoms with van der Waals surface area (Å²) >= 11 is 4.48. The van der Waals surface area contributed by atoms with Crippen molar-refractivity contribution in [2.24, 2.45) is 0 Å². The van der Waals surface area contributed by atoms with Crippen LogP contribution in [0.5, 0.6) is 11.5 Å². The molecule has 0 saturated heterocycles. The van der Waals surface area contributed by atoms with Crippen LogP contribution in [0.15, 0.2) is 77.5 Å². The van der Waals surface area contributed by atoms with Gasteiger partial charge in [0, 0.05) is 31.9 Å². The van der Waals surface area contributed by atoms with Crippen LogP contribution in [0.4, 0.5) is 0 Å². The molecule has 0 aromatic heterocycles. The Morgan fingerprint density at radius 2 is 1.70 bits per heavy atom. The van der Waals surface area contributed by atoms with E-state index in [1.165, 1.54) is 7.11 Å².